The lowest BCUT2D eigenvalue weighted by Crippen LogP contribution is -2.27. The maximum absolute atomic E-state index is 14.1. The van der Waals surface area contributed by atoms with Crippen LogP contribution in [0.4, 0.5) is 23.4 Å². The average molecular weight is 380 g/mol. The van der Waals surface area contributed by atoms with Gasteiger partial charge in [0.05, 0.1) is 11.6 Å². The Labute approximate surface area is 154 Å². The third-order valence-electron chi connectivity index (χ3n) is 4.29. The molecule has 1 atom stereocenters. The van der Waals surface area contributed by atoms with Crippen LogP contribution in [0.1, 0.15) is 43.6 Å². The maximum Gasteiger partial charge on any atom is 0.419 e. The Morgan fingerprint density at radius 3 is 2.41 bits per heavy atom. The molecule has 0 radical (unpaired) electrons. The van der Waals surface area contributed by atoms with Crippen molar-refractivity contribution in [3.8, 4) is 0 Å². The number of nitrogens with one attached hydrogen (secondary N) is 1. The number of hydrogen-bond acceptors (Lipinski definition) is 3. The smallest absolute Gasteiger partial charge is 0.364 e. The van der Waals surface area contributed by atoms with E-state index in [0.29, 0.717) is 17.2 Å². The second-order valence-electron chi connectivity index (χ2n) is 7.56. The third-order valence-corrected chi connectivity index (χ3v) is 4.29. The van der Waals surface area contributed by atoms with Crippen LogP contribution in [0.5, 0.6) is 0 Å². The lowest BCUT2D eigenvalue weighted by atomic mass is 9.82. The van der Waals surface area contributed by atoms with Crippen LogP contribution >= 0.6 is 0 Å². The molecule has 144 valence electrons. The summed E-state index contributed by atoms with van der Waals surface area (Å²) in [6, 6.07) is 4.42. The normalized spacial score (nSPS) is 13.8. The van der Waals surface area contributed by atoms with Gasteiger partial charge in [0.15, 0.2) is 0 Å². The predicted octanol–water partition coefficient (Wildman–Crippen LogP) is 5.39. The number of halogens is 4. The van der Waals surface area contributed by atoms with E-state index in [1.54, 1.807) is 16.8 Å². The van der Waals surface area contributed by atoms with E-state index in [2.05, 4.69) is 15.3 Å². The lowest BCUT2D eigenvalue weighted by molar-refractivity contribution is -0.140. The molecular weight excluding hydrogens is 360 g/mol. The minimum absolute atomic E-state index is 0.406. The van der Waals surface area contributed by atoms with Crippen LogP contribution in [0.3, 0.4) is 0 Å². The number of benzene rings is 1. The molecule has 0 aliphatic carbocycles. The molecule has 2 heterocycles. The zero-order valence-corrected chi connectivity index (χ0v) is 15.4. The van der Waals surface area contributed by atoms with Crippen molar-refractivity contribution in [2.75, 3.05) is 5.32 Å². The Balaban J connectivity index is 2.05. The van der Waals surface area contributed by atoms with E-state index in [1.165, 1.54) is 6.07 Å². The van der Waals surface area contributed by atoms with Crippen molar-refractivity contribution in [1.82, 2.24) is 14.4 Å². The molecule has 3 aromatic rings. The monoisotopic (exact) mass is 380 g/mol. The van der Waals surface area contributed by atoms with Crippen molar-refractivity contribution in [3.63, 3.8) is 0 Å². The molecule has 1 N–H and O–H groups in total. The number of alkyl halides is 3. The Kier molecular flexibility index (Phi) is 4.61. The van der Waals surface area contributed by atoms with E-state index < -0.39 is 29.0 Å². The zero-order chi connectivity index (χ0) is 20.0. The Hall–Kier alpha value is -2.64. The highest BCUT2D eigenvalue weighted by Gasteiger charge is 2.35. The van der Waals surface area contributed by atoms with Gasteiger partial charge in [-0.2, -0.15) is 13.2 Å². The Morgan fingerprint density at radius 1 is 1.11 bits per heavy atom. The van der Waals surface area contributed by atoms with Gasteiger partial charge < -0.3 is 5.32 Å². The van der Waals surface area contributed by atoms with Crippen molar-refractivity contribution in [2.24, 2.45) is 5.41 Å². The van der Waals surface area contributed by atoms with E-state index in [0.717, 1.165) is 17.8 Å². The SMILES string of the molecule is Cc1cc(N[C@@H](c2ccc(C(F)(F)F)c(F)c2)C(C)(C)C)n2ccnc2n1. The van der Waals surface area contributed by atoms with Gasteiger partial charge in [-0.05, 0) is 30.0 Å². The molecule has 0 saturated heterocycles. The fourth-order valence-electron chi connectivity index (χ4n) is 3.02. The quantitative estimate of drug-likeness (QED) is 0.619. The number of nitrogens with zero attached hydrogens (tertiary/aromatic N) is 3. The molecule has 4 nitrogen and oxygen atoms in total. The van der Waals surface area contributed by atoms with Gasteiger partial charge in [-0.3, -0.25) is 4.40 Å². The molecule has 0 aliphatic heterocycles. The average Bonchev–Trinajstić information content (AvgIpc) is 2.98. The molecule has 0 fully saturated rings. The van der Waals surface area contributed by atoms with Crippen molar-refractivity contribution < 1.29 is 17.6 Å². The molecule has 0 bridgehead atoms. The first kappa shape index (κ1) is 19.1. The molecule has 2 aromatic heterocycles. The molecule has 27 heavy (non-hydrogen) atoms. The van der Waals surface area contributed by atoms with Gasteiger partial charge in [0, 0.05) is 24.2 Å². The van der Waals surface area contributed by atoms with Crippen LogP contribution in [-0.4, -0.2) is 14.4 Å². The summed E-state index contributed by atoms with van der Waals surface area (Å²) in [6.07, 6.45) is -1.38. The molecule has 3 rings (SSSR count). The number of imidazole rings is 1. The maximum atomic E-state index is 14.1. The molecule has 8 heteroatoms. The third kappa shape index (κ3) is 3.89. The van der Waals surface area contributed by atoms with E-state index >= 15 is 0 Å². The summed E-state index contributed by atoms with van der Waals surface area (Å²) in [5, 5.41) is 3.33. The van der Waals surface area contributed by atoms with Crippen molar-refractivity contribution in [1.29, 1.82) is 0 Å². The minimum atomic E-state index is -4.72. The minimum Gasteiger partial charge on any atom is -0.364 e. The van der Waals surface area contributed by atoms with Crippen molar-refractivity contribution >= 4 is 11.6 Å². The molecule has 0 aliphatic rings. The first-order valence-electron chi connectivity index (χ1n) is 8.41. The topological polar surface area (TPSA) is 42.2 Å². The van der Waals surface area contributed by atoms with Crippen LogP contribution in [0.15, 0.2) is 36.7 Å². The largest absolute Gasteiger partial charge is 0.419 e. The first-order valence-corrected chi connectivity index (χ1v) is 8.41. The molecular formula is C19H20F4N4. The summed E-state index contributed by atoms with van der Waals surface area (Å²) in [5.41, 5.74) is -0.509. The van der Waals surface area contributed by atoms with E-state index in [9.17, 15) is 17.6 Å². The van der Waals surface area contributed by atoms with Gasteiger partial charge in [0.2, 0.25) is 5.78 Å². The number of fused-ring (bicyclic) bond motifs is 1. The second-order valence-corrected chi connectivity index (χ2v) is 7.56. The number of anilines is 1. The van der Waals surface area contributed by atoms with E-state index in [1.807, 2.05) is 33.8 Å². The molecule has 1 aromatic carbocycles. The van der Waals surface area contributed by atoms with E-state index in [-0.39, 0.29) is 0 Å². The Morgan fingerprint density at radius 2 is 1.81 bits per heavy atom. The van der Waals surface area contributed by atoms with Crippen LogP contribution in [-0.2, 0) is 6.18 Å². The number of aromatic nitrogens is 3. The highest BCUT2D eigenvalue weighted by Crippen LogP contribution is 2.38. The van der Waals surface area contributed by atoms with Gasteiger partial charge >= 0.3 is 6.18 Å². The molecule has 0 saturated carbocycles. The lowest BCUT2D eigenvalue weighted by Gasteiger charge is -2.33. The predicted molar refractivity (Wildman–Crippen MR) is 94.9 cm³/mol. The van der Waals surface area contributed by atoms with Crippen molar-refractivity contribution in [2.45, 2.75) is 39.9 Å². The molecule has 0 spiro atoms. The summed E-state index contributed by atoms with van der Waals surface area (Å²) in [5.74, 6) is -0.103. The summed E-state index contributed by atoms with van der Waals surface area (Å²) >= 11 is 0. The van der Waals surface area contributed by atoms with Crippen LogP contribution < -0.4 is 5.32 Å². The van der Waals surface area contributed by atoms with Crippen molar-refractivity contribution in [3.05, 3.63) is 59.3 Å². The fraction of sp³-hybridized carbons (Fsp3) is 0.368. The first-order chi connectivity index (χ1) is 12.5. The zero-order valence-electron chi connectivity index (χ0n) is 15.4. The van der Waals surface area contributed by atoms with Crippen LogP contribution in [0, 0.1) is 18.2 Å². The summed E-state index contributed by atoms with van der Waals surface area (Å²) in [4.78, 5) is 8.48. The summed E-state index contributed by atoms with van der Waals surface area (Å²) in [7, 11) is 0. The standard InChI is InChI=1S/C19H20F4N4/c1-11-9-15(27-8-7-24-17(27)25-11)26-16(18(2,3)4)12-5-6-13(14(20)10-12)19(21,22)23/h5-10,16,26H,1-4H3/t16-/m0/s1. The van der Waals surface area contributed by atoms with Crippen LogP contribution in [0.25, 0.3) is 5.78 Å². The van der Waals surface area contributed by atoms with Crippen LogP contribution in [0.2, 0.25) is 0 Å². The molecule has 0 amide bonds. The summed E-state index contributed by atoms with van der Waals surface area (Å²) < 4.78 is 54.5. The molecule has 0 unspecified atom stereocenters. The number of aryl methyl sites for hydroxylation is 1. The highest BCUT2D eigenvalue weighted by molar-refractivity contribution is 5.49. The van der Waals surface area contributed by atoms with Gasteiger partial charge in [0.25, 0.3) is 0 Å². The number of hydrogen-bond donors (Lipinski definition) is 1. The van der Waals surface area contributed by atoms with Gasteiger partial charge in [-0.1, -0.05) is 26.8 Å². The summed E-state index contributed by atoms with van der Waals surface area (Å²) in [6.45, 7) is 7.61. The Bertz CT molecular complexity index is 970. The fourth-order valence-corrected chi connectivity index (χ4v) is 3.02. The highest BCUT2D eigenvalue weighted by atomic mass is 19.4. The number of rotatable bonds is 3. The van der Waals surface area contributed by atoms with Gasteiger partial charge in [-0.25, -0.2) is 14.4 Å². The van der Waals surface area contributed by atoms with Gasteiger partial charge in [0.1, 0.15) is 11.6 Å². The second kappa shape index (κ2) is 6.51. The van der Waals surface area contributed by atoms with Gasteiger partial charge in [-0.15, -0.1) is 0 Å². The van der Waals surface area contributed by atoms with E-state index in [4.69, 9.17) is 0 Å².